The maximum absolute atomic E-state index is 12.6. The molecule has 0 fully saturated rings. The van der Waals surface area contributed by atoms with Gasteiger partial charge in [-0.25, -0.2) is 9.59 Å². The van der Waals surface area contributed by atoms with Gasteiger partial charge in [0.05, 0.1) is 12.7 Å². The fourth-order valence-corrected chi connectivity index (χ4v) is 4.85. The number of carbonyl (C=O) groups is 2. The van der Waals surface area contributed by atoms with Gasteiger partial charge in [0.2, 0.25) is 5.91 Å². The van der Waals surface area contributed by atoms with Crippen molar-refractivity contribution < 1.29 is 14.3 Å². The van der Waals surface area contributed by atoms with Crippen molar-refractivity contribution in [2.45, 2.75) is 46.6 Å². The largest absolute Gasteiger partial charge is 0.465 e. The number of amides is 1. The number of fused-ring (bicyclic) bond motifs is 1. The molecule has 2 heterocycles. The molecule has 1 aliphatic rings. The number of rotatable bonds is 4. The van der Waals surface area contributed by atoms with Gasteiger partial charge < -0.3 is 10.1 Å². The lowest BCUT2D eigenvalue weighted by Gasteiger charge is -2.18. The van der Waals surface area contributed by atoms with E-state index in [1.54, 1.807) is 19.9 Å². The summed E-state index contributed by atoms with van der Waals surface area (Å²) < 4.78 is 6.25. The number of anilines is 1. The number of esters is 1. The predicted molar refractivity (Wildman–Crippen MR) is 103 cm³/mol. The molecule has 0 aliphatic heterocycles. The van der Waals surface area contributed by atoms with Crippen LogP contribution in [-0.2, 0) is 28.9 Å². The molecule has 0 spiro atoms. The van der Waals surface area contributed by atoms with Gasteiger partial charge in [-0.15, -0.1) is 11.3 Å². The number of ether oxygens (including phenoxy) is 1. The van der Waals surface area contributed by atoms with Gasteiger partial charge in [-0.3, -0.25) is 9.36 Å². The Morgan fingerprint density at radius 3 is 2.81 bits per heavy atom. The highest BCUT2D eigenvalue weighted by atomic mass is 32.1. The molecule has 3 rings (SSSR count). The number of methoxy groups -OCH3 is 1. The first-order valence-corrected chi connectivity index (χ1v) is 9.69. The molecular weight excluding hydrogens is 366 g/mol. The molecule has 27 heavy (non-hydrogen) atoms. The molecule has 2 aromatic rings. The van der Waals surface area contributed by atoms with Crippen LogP contribution in [0.2, 0.25) is 0 Å². The van der Waals surface area contributed by atoms with E-state index >= 15 is 0 Å². The lowest BCUT2D eigenvalue weighted by molar-refractivity contribution is -0.116. The van der Waals surface area contributed by atoms with Gasteiger partial charge in [-0.1, -0.05) is 6.92 Å². The van der Waals surface area contributed by atoms with E-state index in [1.807, 2.05) is 0 Å². The summed E-state index contributed by atoms with van der Waals surface area (Å²) in [4.78, 5) is 41.9. The highest BCUT2D eigenvalue weighted by molar-refractivity contribution is 7.17. The Morgan fingerprint density at radius 1 is 1.41 bits per heavy atom. The summed E-state index contributed by atoms with van der Waals surface area (Å²) in [5.74, 6) is -0.268. The average Bonchev–Trinajstić information content (AvgIpc) is 2.94. The smallest absolute Gasteiger partial charge is 0.348 e. The SMILES string of the molecule is COC(=O)c1c(NC(=O)Cn2c(C)cc(C)nc2=O)sc2c1CCC(C)C2. The van der Waals surface area contributed by atoms with E-state index in [0.717, 1.165) is 29.7 Å². The van der Waals surface area contributed by atoms with Gasteiger partial charge in [-0.2, -0.15) is 4.98 Å². The number of aryl methyl sites for hydroxylation is 2. The van der Waals surface area contributed by atoms with E-state index in [1.165, 1.54) is 23.0 Å². The van der Waals surface area contributed by atoms with Crippen molar-refractivity contribution in [3.05, 3.63) is 43.9 Å². The Bertz CT molecular complexity index is 961. The molecule has 0 aromatic carbocycles. The first-order chi connectivity index (χ1) is 12.8. The molecule has 0 saturated carbocycles. The first kappa shape index (κ1) is 19.3. The zero-order chi connectivity index (χ0) is 19.7. The Kier molecular flexibility index (Phi) is 5.46. The summed E-state index contributed by atoms with van der Waals surface area (Å²) in [6, 6.07) is 1.75. The number of hydrogen-bond acceptors (Lipinski definition) is 6. The molecule has 1 unspecified atom stereocenters. The van der Waals surface area contributed by atoms with E-state index in [2.05, 4.69) is 17.2 Å². The average molecular weight is 389 g/mol. The van der Waals surface area contributed by atoms with E-state index in [9.17, 15) is 14.4 Å². The van der Waals surface area contributed by atoms with Gasteiger partial charge in [-0.05, 0) is 50.7 Å². The van der Waals surface area contributed by atoms with Crippen LogP contribution in [0, 0.1) is 19.8 Å². The minimum Gasteiger partial charge on any atom is -0.465 e. The minimum atomic E-state index is -0.463. The number of carbonyl (C=O) groups excluding carboxylic acids is 2. The van der Waals surface area contributed by atoms with Crippen LogP contribution in [0.1, 0.15) is 45.5 Å². The quantitative estimate of drug-likeness (QED) is 0.812. The molecule has 1 atom stereocenters. The molecule has 0 radical (unpaired) electrons. The van der Waals surface area contributed by atoms with Crippen molar-refractivity contribution in [3.8, 4) is 0 Å². The number of hydrogen-bond donors (Lipinski definition) is 1. The molecule has 2 aromatic heterocycles. The maximum Gasteiger partial charge on any atom is 0.348 e. The highest BCUT2D eigenvalue weighted by Crippen LogP contribution is 2.40. The maximum atomic E-state index is 12.6. The number of nitrogens with one attached hydrogen (secondary N) is 1. The van der Waals surface area contributed by atoms with Crippen LogP contribution in [0.25, 0.3) is 0 Å². The van der Waals surface area contributed by atoms with E-state index < -0.39 is 11.7 Å². The third-order valence-electron chi connectivity index (χ3n) is 4.80. The highest BCUT2D eigenvalue weighted by Gasteiger charge is 2.29. The molecular formula is C19H23N3O4S. The van der Waals surface area contributed by atoms with E-state index in [4.69, 9.17) is 4.74 Å². The second-order valence-corrected chi connectivity index (χ2v) is 8.11. The topological polar surface area (TPSA) is 90.3 Å². The van der Waals surface area contributed by atoms with Crippen LogP contribution < -0.4 is 11.0 Å². The second-order valence-electron chi connectivity index (χ2n) is 7.00. The van der Waals surface area contributed by atoms with Crippen LogP contribution in [0.5, 0.6) is 0 Å². The summed E-state index contributed by atoms with van der Waals surface area (Å²) in [6.45, 7) is 5.52. The molecule has 1 amide bonds. The van der Waals surface area contributed by atoms with Crippen molar-refractivity contribution in [1.29, 1.82) is 0 Å². The van der Waals surface area contributed by atoms with Crippen LogP contribution >= 0.6 is 11.3 Å². The Labute approximate surface area is 161 Å². The molecule has 1 aliphatic carbocycles. The van der Waals surface area contributed by atoms with Crippen LogP contribution in [-0.4, -0.2) is 28.5 Å². The minimum absolute atomic E-state index is 0.155. The van der Waals surface area contributed by atoms with Crippen molar-refractivity contribution in [1.82, 2.24) is 9.55 Å². The Hall–Kier alpha value is -2.48. The molecule has 144 valence electrons. The van der Waals surface area contributed by atoms with Gasteiger partial charge in [0.1, 0.15) is 11.5 Å². The van der Waals surface area contributed by atoms with Crippen molar-refractivity contribution in [2.24, 2.45) is 5.92 Å². The number of nitrogens with zero attached hydrogens (tertiary/aromatic N) is 2. The summed E-state index contributed by atoms with van der Waals surface area (Å²) in [5, 5.41) is 3.30. The number of thiophene rings is 1. The standard InChI is InChI=1S/C19H23N3O4S/c1-10-5-6-13-14(7-10)27-17(16(13)18(24)26-4)21-15(23)9-22-12(3)8-11(2)20-19(22)25/h8,10H,5-7,9H2,1-4H3,(H,21,23). The summed E-state index contributed by atoms with van der Waals surface area (Å²) in [7, 11) is 1.34. The zero-order valence-corrected chi connectivity index (χ0v) is 16.7. The first-order valence-electron chi connectivity index (χ1n) is 8.88. The third-order valence-corrected chi connectivity index (χ3v) is 5.97. The fraction of sp³-hybridized carbons (Fsp3) is 0.474. The van der Waals surface area contributed by atoms with Crippen molar-refractivity contribution >= 4 is 28.2 Å². The molecule has 8 heteroatoms. The van der Waals surface area contributed by atoms with Crippen LogP contribution in [0.15, 0.2) is 10.9 Å². The monoisotopic (exact) mass is 389 g/mol. The fourth-order valence-electron chi connectivity index (χ4n) is 3.43. The Morgan fingerprint density at radius 2 is 2.15 bits per heavy atom. The predicted octanol–water partition coefficient (Wildman–Crippen LogP) is 2.47. The second kappa shape index (κ2) is 7.64. The van der Waals surface area contributed by atoms with Crippen molar-refractivity contribution in [2.75, 3.05) is 12.4 Å². The summed E-state index contributed by atoms with van der Waals surface area (Å²) >= 11 is 1.42. The summed E-state index contributed by atoms with van der Waals surface area (Å²) in [5.41, 5.74) is 2.24. The van der Waals surface area contributed by atoms with Gasteiger partial charge >= 0.3 is 11.7 Å². The van der Waals surface area contributed by atoms with E-state index in [0.29, 0.717) is 27.9 Å². The molecule has 7 nitrogen and oxygen atoms in total. The molecule has 0 bridgehead atoms. The Balaban J connectivity index is 1.88. The van der Waals surface area contributed by atoms with E-state index in [-0.39, 0.29) is 12.5 Å². The normalized spacial score (nSPS) is 15.9. The molecule has 1 N–H and O–H groups in total. The van der Waals surface area contributed by atoms with Gasteiger partial charge in [0.15, 0.2) is 0 Å². The van der Waals surface area contributed by atoms with Gasteiger partial charge in [0, 0.05) is 16.3 Å². The molecule has 0 saturated heterocycles. The van der Waals surface area contributed by atoms with Crippen molar-refractivity contribution in [3.63, 3.8) is 0 Å². The lowest BCUT2D eigenvalue weighted by atomic mass is 9.88. The number of aromatic nitrogens is 2. The third kappa shape index (κ3) is 3.95. The van der Waals surface area contributed by atoms with Crippen LogP contribution in [0.4, 0.5) is 5.00 Å². The van der Waals surface area contributed by atoms with Gasteiger partial charge in [0.25, 0.3) is 0 Å². The zero-order valence-electron chi connectivity index (χ0n) is 15.9. The summed E-state index contributed by atoms with van der Waals surface area (Å²) in [6.07, 6.45) is 2.69. The lowest BCUT2D eigenvalue weighted by Crippen LogP contribution is -2.31. The van der Waals surface area contributed by atoms with Crippen LogP contribution in [0.3, 0.4) is 0 Å².